The maximum atomic E-state index is 12.5. The Kier molecular flexibility index (Phi) is 5.26. The zero-order valence-electron chi connectivity index (χ0n) is 13.8. The van der Waals surface area contributed by atoms with Gasteiger partial charge in [0.25, 0.3) is 0 Å². The Labute approximate surface area is 136 Å². The van der Waals surface area contributed by atoms with E-state index in [0.29, 0.717) is 6.42 Å². The Balaban J connectivity index is 2.20. The molecule has 1 fully saturated rings. The van der Waals surface area contributed by atoms with Crippen molar-refractivity contribution in [3.63, 3.8) is 0 Å². The minimum atomic E-state index is -0.643. The lowest BCUT2D eigenvalue weighted by Crippen LogP contribution is -2.63. The first-order valence-electron chi connectivity index (χ1n) is 7.75. The van der Waals surface area contributed by atoms with Crippen LogP contribution >= 0.6 is 0 Å². The molecule has 0 spiro atoms. The number of carbonyl (C=O) groups is 2. The second-order valence-electron chi connectivity index (χ2n) is 6.73. The Hall–Kier alpha value is -2.08. The molecular weight excluding hydrogens is 296 g/mol. The normalized spacial score (nSPS) is 21.7. The molecule has 1 heterocycles. The summed E-state index contributed by atoms with van der Waals surface area (Å²) in [5.41, 5.74) is 0.320. The molecule has 0 bridgehead atoms. The van der Waals surface area contributed by atoms with Crippen LogP contribution in [0.5, 0.6) is 0 Å². The van der Waals surface area contributed by atoms with Crippen LogP contribution in [0.2, 0.25) is 0 Å². The third-order valence-electron chi connectivity index (χ3n) is 3.56. The lowest BCUT2D eigenvalue weighted by atomic mass is 10.0. The highest BCUT2D eigenvalue weighted by Gasteiger charge is 2.39. The van der Waals surface area contributed by atoms with Gasteiger partial charge in [0, 0.05) is 13.0 Å². The molecule has 6 nitrogen and oxygen atoms in total. The SMILES string of the molecule is CC(C)(C)OC(=O)N1C[C@@H](CO)NC(=O)[C@@H]1Cc1ccccc1. The number of carbonyl (C=O) groups excluding carboxylic acids is 2. The van der Waals surface area contributed by atoms with E-state index in [-0.39, 0.29) is 19.1 Å². The number of ether oxygens (including phenoxy) is 1. The van der Waals surface area contributed by atoms with Gasteiger partial charge >= 0.3 is 6.09 Å². The van der Waals surface area contributed by atoms with Crippen molar-refractivity contribution in [2.75, 3.05) is 13.2 Å². The molecule has 1 aromatic rings. The standard InChI is InChI=1S/C17H24N2O4/c1-17(2,3)23-16(22)19-10-13(11-20)18-15(21)14(19)9-12-7-5-4-6-8-12/h4-8,13-14,20H,9-11H2,1-3H3,(H,18,21)/t13-,14-/m0/s1. The van der Waals surface area contributed by atoms with Crippen LogP contribution in [-0.2, 0) is 16.0 Å². The van der Waals surface area contributed by atoms with E-state index < -0.39 is 23.8 Å². The Morgan fingerprint density at radius 1 is 1.35 bits per heavy atom. The highest BCUT2D eigenvalue weighted by Crippen LogP contribution is 2.18. The summed E-state index contributed by atoms with van der Waals surface area (Å²) in [6.07, 6.45) is -0.129. The van der Waals surface area contributed by atoms with Crippen LogP contribution in [0, 0.1) is 0 Å². The van der Waals surface area contributed by atoms with Crippen molar-refractivity contribution < 1.29 is 19.4 Å². The number of hydrogen-bond donors (Lipinski definition) is 2. The van der Waals surface area contributed by atoms with Gasteiger partial charge in [0.1, 0.15) is 11.6 Å². The molecule has 2 atom stereocenters. The molecule has 6 heteroatoms. The molecule has 2 amide bonds. The summed E-state index contributed by atoms with van der Waals surface area (Å²) >= 11 is 0. The number of hydrogen-bond acceptors (Lipinski definition) is 4. The summed E-state index contributed by atoms with van der Waals surface area (Å²) < 4.78 is 5.41. The fraction of sp³-hybridized carbons (Fsp3) is 0.529. The van der Waals surface area contributed by atoms with Crippen LogP contribution in [0.4, 0.5) is 4.79 Å². The third kappa shape index (κ3) is 4.69. The highest BCUT2D eigenvalue weighted by atomic mass is 16.6. The van der Waals surface area contributed by atoms with Crippen LogP contribution in [0.25, 0.3) is 0 Å². The number of amides is 2. The van der Waals surface area contributed by atoms with Gasteiger partial charge in [-0.25, -0.2) is 4.79 Å². The number of rotatable bonds is 3. The molecule has 0 aliphatic carbocycles. The van der Waals surface area contributed by atoms with E-state index in [9.17, 15) is 14.7 Å². The van der Waals surface area contributed by atoms with Gasteiger partial charge in [-0.15, -0.1) is 0 Å². The molecule has 1 saturated heterocycles. The first-order chi connectivity index (χ1) is 10.8. The topological polar surface area (TPSA) is 78.9 Å². The van der Waals surface area contributed by atoms with Crippen molar-refractivity contribution in [1.82, 2.24) is 10.2 Å². The summed E-state index contributed by atoms with van der Waals surface area (Å²) in [6, 6.07) is 8.40. The molecule has 1 aromatic carbocycles. The van der Waals surface area contributed by atoms with E-state index in [4.69, 9.17) is 4.74 Å². The van der Waals surface area contributed by atoms with Gasteiger partial charge in [0.05, 0.1) is 12.6 Å². The zero-order valence-corrected chi connectivity index (χ0v) is 13.8. The Morgan fingerprint density at radius 2 is 2.00 bits per heavy atom. The van der Waals surface area contributed by atoms with Crippen LogP contribution in [-0.4, -0.2) is 52.8 Å². The van der Waals surface area contributed by atoms with E-state index in [1.165, 1.54) is 4.90 Å². The summed E-state index contributed by atoms with van der Waals surface area (Å²) in [5.74, 6) is -0.273. The van der Waals surface area contributed by atoms with Gasteiger partial charge in [0.2, 0.25) is 5.91 Å². The van der Waals surface area contributed by atoms with E-state index in [1.807, 2.05) is 30.3 Å². The second-order valence-corrected chi connectivity index (χ2v) is 6.73. The number of nitrogens with one attached hydrogen (secondary N) is 1. The van der Waals surface area contributed by atoms with Crippen LogP contribution in [0.1, 0.15) is 26.3 Å². The first-order valence-corrected chi connectivity index (χ1v) is 7.75. The van der Waals surface area contributed by atoms with Crippen LogP contribution < -0.4 is 5.32 Å². The molecule has 0 radical (unpaired) electrons. The Bertz CT molecular complexity index is 553. The summed E-state index contributed by atoms with van der Waals surface area (Å²) in [5, 5.41) is 12.1. The fourth-order valence-corrected chi connectivity index (χ4v) is 2.52. The molecular formula is C17H24N2O4. The van der Waals surface area contributed by atoms with Crippen molar-refractivity contribution in [1.29, 1.82) is 0 Å². The maximum absolute atomic E-state index is 12.5. The molecule has 2 N–H and O–H groups in total. The maximum Gasteiger partial charge on any atom is 0.411 e. The number of aliphatic hydroxyl groups excluding tert-OH is 1. The van der Waals surface area contributed by atoms with Gasteiger partial charge in [-0.3, -0.25) is 9.69 Å². The number of benzene rings is 1. The second kappa shape index (κ2) is 7.00. The van der Waals surface area contributed by atoms with Gasteiger partial charge in [-0.05, 0) is 26.3 Å². The monoisotopic (exact) mass is 320 g/mol. The largest absolute Gasteiger partial charge is 0.444 e. The lowest BCUT2D eigenvalue weighted by Gasteiger charge is -2.39. The van der Waals surface area contributed by atoms with Gasteiger partial charge in [0.15, 0.2) is 0 Å². The summed E-state index contributed by atoms with van der Waals surface area (Å²) in [4.78, 5) is 26.3. The third-order valence-corrected chi connectivity index (χ3v) is 3.56. The quantitative estimate of drug-likeness (QED) is 0.880. The van der Waals surface area contributed by atoms with Crippen molar-refractivity contribution in [3.05, 3.63) is 35.9 Å². The van der Waals surface area contributed by atoms with Crippen molar-refractivity contribution in [2.24, 2.45) is 0 Å². The minimum absolute atomic E-state index is 0.219. The number of piperazine rings is 1. The molecule has 0 unspecified atom stereocenters. The summed E-state index contributed by atoms with van der Waals surface area (Å²) in [6.45, 7) is 5.36. The van der Waals surface area contributed by atoms with E-state index >= 15 is 0 Å². The number of nitrogens with zero attached hydrogens (tertiary/aromatic N) is 1. The molecule has 1 aliphatic rings. The zero-order chi connectivity index (χ0) is 17.0. The smallest absolute Gasteiger partial charge is 0.411 e. The van der Waals surface area contributed by atoms with Crippen molar-refractivity contribution in [3.8, 4) is 0 Å². The van der Waals surface area contributed by atoms with Gasteiger partial charge in [-0.1, -0.05) is 30.3 Å². The van der Waals surface area contributed by atoms with E-state index in [1.54, 1.807) is 20.8 Å². The summed E-state index contributed by atoms with van der Waals surface area (Å²) in [7, 11) is 0. The predicted octanol–water partition coefficient (Wildman–Crippen LogP) is 1.33. The molecule has 2 rings (SSSR count). The molecule has 23 heavy (non-hydrogen) atoms. The molecule has 0 saturated carbocycles. The minimum Gasteiger partial charge on any atom is -0.444 e. The van der Waals surface area contributed by atoms with Gasteiger partial charge in [-0.2, -0.15) is 0 Å². The predicted molar refractivity (Wildman–Crippen MR) is 85.9 cm³/mol. The average Bonchev–Trinajstić information content (AvgIpc) is 2.48. The van der Waals surface area contributed by atoms with Crippen LogP contribution in [0.15, 0.2) is 30.3 Å². The van der Waals surface area contributed by atoms with Crippen molar-refractivity contribution in [2.45, 2.75) is 44.9 Å². The number of aliphatic hydroxyl groups is 1. The van der Waals surface area contributed by atoms with Crippen LogP contribution in [0.3, 0.4) is 0 Å². The van der Waals surface area contributed by atoms with Crippen molar-refractivity contribution >= 4 is 12.0 Å². The van der Waals surface area contributed by atoms with Gasteiger partial charge < -0.3 is 15.2 Å². The average molecular weight is 320 g/mol. The van der Waals surface area contributed by atoms with E-state index in [2.05, 4.69) is 5.32 Å². The molecule has 1 aliphatic heterocycles. The first kappa shape index (κ1) is 17.3. The van der Waals surface area contributed by atoms with E-state index in [0.717, 1.165) is 5.56 Å². The lowest BCUT2D eigenvalue weighted by molar-refractivity contribution is -0.131. The fourth-order valence-electron chi connectivity index (χ4n) is 2.52. The Morgan fingerprint density at radius 3 is 2.57 bits per heavy atom. The highest BCUT2D eigenvalue weighted by molar-refractivity contribution is 5.87. The molecule has 126 valence electrons. The molecule has 0 aromatic heterocycles.